The molecule has 28 heavy (non-hydrogen) atoms. The first-order valence-electron chi connectivity index (χ1n) is 8.68. The van der Waals surface area contributed by atoms with Crippen LogP contribution in [0.25, 0.3) is 5.65 Å². The Morgan fingerprint density at radius 2 is 1.82 bits per heavy atom. The lowest BCUT2D eigenvalue weighted by Gasteiger charge is -2.14. The summed E-state index contributed by atoms with van der Waals surface area (Å²) in [6.45, 7) is 1.10. The van der Waals surface area contributed by atoms with Crippen LogP contribution in [0, 0.1) is 0 Å². The fraction of sp³-hybridized carbons (Fsp3) is 0.263. The zero-order valence-corrected chi connectivity index (χ0v) is 18.2. The van der Waals surface area contributed by atoms with E-state index >= 15 is 0 Å². The van der Waals surface area contributed by atoms with E-state index in [-0.39, 0.29) is 36.4 Å². The maximum atomic E-state index is 11.9. The van der Waals surface area contributed by atoms with Gasteiger partial charge in [-0.05, 0) is 17.7 Å². The third kappa shape index (κ3) is 5.91. The van der Waals surface area contributed by atoms with E-state index in [2.05, 4.69) is 25.8 Å². The number of rotatable bonds is 6. The summed E-state index contributed by atoms with van der Waals surface area (Å²) < 4.78 is 1.91. The molecule has 0 aliphatic heterocycles. The van der Waals surface area contributed by atoms with Crippen LogP contribution in [0.4, 0.5) is 0 Å². The number of hydrogen-bond acceptors (Lipinski definition) is 4. The number of nitrogens with one attached hydrogen (secondary N) is 2. The Hall–Kier alpha value is -2.69. The summed E-state index contributed by atoms with van der Waals surface area (Å²) >= 11 is 0. The van der Waals surface area contributed by atoms with Crippen molar-refractivity contribution in [3.05, 3.63) is 66.1 Å². The van der Waals surface area contributed by atoms with E-state index in [0.29, 0.717) is 19.0 Å². The first kappa shape index (κ1) is 21.6. The van der Waals surface area contributed by atoms with Crippen LogP contribution in [0.3, 0.4) is 0 Å². The van der Waals surface area contributed by atoms with E-state index in [0.717, 1.165) is 17.0 Å². The summed E-state index contributed by atoms with van der Waals surface area (Å²) in [7, 11) is 3.45. The van der Waals surface area contributed by atoms with Crippen molar-refractivity contribution < 1.29 is 4.79 Å². The van der Waals surface area contributed by atoms with Crippen LogP contribution in [0.2, 0.25) is 0 Å². The standard InChI is InChI=1S/C19H23N7O.HI/c1-25(2)18(27)14-22-19(20-12-15-8-4-3-5-9-15)21-13-17-24-23-16-10-6-7-11-26(16)17;/h3-11H,12-14H2,1-2H3,(H2,20,21,22);1H. The molecule has 3 rings (SSSR count). The highest BCUT2D eigenvalue weighted by Crippen LogP contribution is 2.03. The molecule has 0 bridgehead atoms. The lowest BCUT2D eigenvalue weighted by atomic mass is 10.2. The van der Waals surface area contributed by atoms with Gasteiger partial charge in [-0.1, -0.05) is 36.4 Å². The SMILES string of the molecule is CN(C)C(=O)CNC(=NCc1ccccc1)NCc1nnc2ccccn12.I. The number of guanidine groups is 1. The van der Waals surface area contributed by atoms with E-state index in [1.54, 1.807) is 14.1 Å². The zero-order chi connectivity index (χ0) is 19.1. The Morgan fingerprint density at radius 3 is 2.57 bits per heavy atom. The Morgan fingerprint density at radius 1 is 1.07 bits per heavy atom. The smallest absolute Gasteiger partial charge is 0.241 e. The van der Waals surface area contributed by atoms with Gasteiger partial charge in [0.25, 0.3) is 0 Å². The molecule has 0 aliphatic rings. The molecule has 3 aromatic rings. The molecule has 2 aromatic heterocycles. The molecule has 0 fully saturated rings. The van der Waals surface area contributed by atoms with Crippen molar-refractivity contribution in [1.29, 1.82) is 0 Å². The Kier molecular flexibility index (Phi) is 8.18. The molecule has 0 aliphatic carbocycles. The number of fused-ring (bicyclic) bond motifs is 1. The number of nitrogens with zero attached hydrogens (tertiary/aromatic N) is 5. The van der Waals surface area contributed by atoms with E-state index in [9.17, 15) is 4.79 Å². The monoisotopic (exact) mass is 493 g/mol. The summed E-state index contributed by atoms with van der Waals surface area (Å²) in [6.07, 6.45) is 1.91. The second kappa shape index (κ2) is 10.6. The molecule has 0 unspecified atom stereocenters. The molecular formula is C19H24IN7O. The van der Waals surface area contributed by atoms with Crippen LogP contribution < -0.4 is 10.6 Å². The van der Waals surface area contributed by atoms with Gasteiger partial charge < -0.3 is 15.5 Å². The van der Waals surface area contributed by atoms with Crippen molar-refractivity contribution >= 4 is 41.5 Å². The van der Waals surface area contributed by atoms with E-state index in [4.69, 9.17) is 0 Å². The normalized spacial score (nSPS) is 11.0. The molecule has 0 saturated heterocycles. The third-order valence-corrected chi connectivity index (χ3v) is 3.97. The molecule has 0 radical (unpaired) electrons. The summed E-state index contributed by atoms with van der Waals surface area (Å²) in [6, 6.07) is 15.7. The number of aromatic nitrogens is 3. The number of likely N-dealkylation sites (N-methyl/N-ethyl adjacent to an activating group) is 1. The van der Waals surface area contributed by atoms with Gasteiger partial charge in [0.05, 0.1) is 19.6 Å². The van der Waals surface area contributed by atoms with Crippen LogP contribution in [-0.4, -0.2) is 52.0 Å². The van der Waals surface area contributed by atoms with Crippen molar-refractivity contribution in [2.75, 3.05) is 20.6 Å². The fourth-order valence-corrected chi connectivity index (χ4v) is 2.42. The van der Waals surface area contributed by atoms with Crippen molar-refractivity contribution in [2.24, 2.45) is 4.99 Å². The van der Waals surface area contributed by atoms with Gasteiger partial charge in [0.15, 0.2) is 17.4 Å². The molecule has 9 heteroatoms. The van der Waals surface area contributed by atoms with E-state index < -0.39 is 0 Å². The second-order valence-corrected chi connectivity index (χ2v) is 6.19. The maximum Gasteiger partial charge on any atom is 0.241 e. The number of halogens is 1. The highest BCUT2D eigenvalue weighted by Gasteiger charge is 2.08. The van der Waals surface area contributed by atoms with Crippen LogP contribution in [0.1, 0.15) is 11.4 Å². The predicted molar refractivity (Wildman–Crippen MR) is 120 cm³/mol. The van der Waals surface area contributed by atoms with Gasteiger partial charge in [0.2, 0.25) is 5.91 Å². The minimum absolute atomic E-state index is 0. The summed E-state index contributed by atoms with van der Waals surface area (Å²) in [4.78, 5) is 18.0. The van der Waals surface area contributed by atoms with Gasteiger partial charge in [0, 0.05) is 20.3 Å². The number of pyridine rings is 1. The first-order valence-corrected chi connectivity index (χ1v) is 8.68. The number of amides is 1. The number of hydrogen-bond donors (Lipinski definition) is 2. The van der Waals surface area contributed by atoms with Gasteiger partial charge in [-0.15, -0.1) is 34.2 Å². The molecule has 8 nitrogen and oxygen atoms in total. The average molecular weight is 493 g/mol. The van der Waals surface area contributed by atoms with Crippen LogP contribution in [0.5, 0.6) is 0 Å². The van der Waals surface area contributed by atoms with Crippen LogP contribution in [0.15, 0.2) is 59.7 Å². The minimum atomic E-state index is -0.0304. The third-order valence-electron chi connectivity index (χ3n) is 3.97. The molecule has 0 atom stereocenters. The predicted octanol–water partition coefficient (Wildman–Crippen LogP) is 1.67. The lowest BCUT2D eigenvalue weighted by molar-refractivity contribution is -0.127. The number of benzene rings is 1. The van der Waals surface area contributed by atoms with E-state index in [1.807, 2.05) is 59.1 Å². The highest BCUT2D eigenvalue weighted by atomic mass is 127. The number of aliphatic imine (C=N–C) groups is 1. The highest BCUT2D eigenvalue weighted by molar-refractivity contribution is 14.0. The molecule has 148 valence electrons. The van der Waals surface area contributed by atoms with Crippen molar-refractivity contribution in [3.63, 3.8) is 0 Å². The quantitative estimate of drug-likeness (QED) is 0.310. The van der Waals surface area contributed by atoms with Crippen LogP contribution in [-0.2, 0) is 17.9 Å². The maximum absolute atomic E-state index is 11.9. The Balaban J connectivity index is 0.00000280. The Bertz CT molecular complexity index is 924. The molecule has 1 aromatic carbocycles. The van der Waals surface area contributed by atoms with E-state index in [1.165, 1.54) is 4.90 Å². The van der Waals surface area contributed by atoms with Gasteiger partial charge in [-0.2, -0.15) is 0 Å². The summed E-state index contributed by atoms with van der Waals surface area (Å²) in [5.74, 6) is 1.28. The number of carbonyl (C=O) groups excluding carboxylic acids is 1. The summed E-state index contributed by atoms with van der Waals surface area (Å²) in [5, 5.41) is 14.6. The van der Waals surface area contributed by atoms with Crippen molar-refractivity contribution in [3.8, 4) is 0 Å². The Labute approximate surface area is 181 Å². The van der Waals surface area contributed by atoms with Gasteiger partial charge in [-0.3, -0.25) is 9.20 Å². The topological polar surface area (TPSA) is 86.9 Å². The zero-order valence-electron chi connectivity index (χ0n) is 15.9. The molecule has 0 spiro atoms. The summed E-state index contributed by atoms with van der Waals surface area (Å²) in [5.41, 5.74) is 1.87. The van der Waals surface area contributed by atoms with Gasteiger partial charge in [-0.25, -0.2) is 4.99 Å². The average Bonchev–Trinajstić information content (AvgIpc) is 3.11. The van der Waals surface area contributed by atoms with Gasteiger partial charge >= 0.3 is 0 Å². The molecule has 2 N–H and O–H groups in total. The molecule has 2 heterocycles. The second-order valence-electron chi connectivity index (χ2n) is 6.19. The first-order chi connectivity index (χ1) is 13.1. The number of carbonyl (C=O) groups is 1. The van der Waals surface area contributed by atoms with Crippen LogP contribution >= 0.6 is 24.0 Å². The van der Waals surface area contributed by atoms with Gasteiger partial charge in [0.1, 0.15) is 0 Å². The molecular weight excluding hydrogens is 469 g/mol. The van der Waals surface area contributed by atoms with Crippen molar-refractivity contribution in [1.82, 2.24) is 30.1 Å². The fourth-order valence-electron chi connectivity index (χ4n) is 2.42. The minimum Gasteiger partial charge on any atom is -0.349 e. The largest absolute Gasteiger partial charge is 0.349 e. The van der Waals surface area contributed by atoms with Crippen molar-refractivity contribution in [2.45, 2.75) is 13.1 Å². The molecule has 0 saturated carbocycles. The lowest BCUT2D eigenvalue weighted by Crippen LogP contribution is -2.42. The molecule has 1 amide bonds.